The van der Waals surface area contributed by atoms with E-state index in [9.17, 15) is 10.1 Å². The van der Waals surface area contributed by atoms with E-state index in [1.165, 1.54) is 16.9 Å². The summed E-state index contributed by atoms with van der Waals surface area (Å²) in [5.41, 5.74) is 4.03. The standard InChI is InChI=1S/C22H22N2O2S/c1-26-18-8-6-14(7-9-18)15-10-16(12-17(25)11-15)24-22-20(13-23)19-4-2-3-5-21(19)27-22/h6-9,12,15,24H,2-5,10-11H2,1H3/t15-/m0/s1. The maximum absolute atomic E-state index is 12.3. The van der Waals surface area contributed by atoms with E-state index in [0.717, 1.165) is 53.3 Å². The number of allylic oxidation sites excluding steroid dienone is 2. The lowest BCUT2D eigenvalue weighted by Gasteiger charge is -2.23. The number of ketones is 1. The first-order chi connectivity index (χ1) is 13.2. The third-order valence-electron chi connectivity index (χ3n) is 5.39. The summed E-state index contributed by atoms with van der Waals surface area (Å²) in [5.74, 6) is 1.10. The van der Waals surface area contributed by atoms with Gasteiger partial charge in [0.15, 0.2) is 5.78 Å². The molecule has 0 amide bonds. The lowest BCUT2D eigenvalue weighted by atomic mass is 9.85. The summed E-state index contributed by atoms with van der Waals surface area (Å²) >= 11 is 1.68. The van der Waals surface area contributed by atoms with Crippen LogP contribution in [0, 0.1) is 11.3 Å². The number of hydrogen-bond acceptors (Lipinski definition) is 5. The van der Waals surface area contributed by atoms with E-state index in [1.54, 1.807) is 24.5 Å². The van der Waals surface area contributed by atoms with Gasteiger partial charge in [0.2, 0.25) is 0 Å². The van der Waals surface area contributed by atoms with Crippen molar-refractivity contribution in [3.63, 3.8) is 0 Å². The van der Waals surface area contributed by atoms with Crippen molar-refractivity contribution in [3.05, 3.63) is 57.6 Å². The minimum absolute atomic E-state index is 0.129. The molecule has 1 N–H and O–H groups in total. The maximum atomic E-state index is 12.3. The number of thiophene rings is 1. The highest BCUT2D eigenvalue weighted by molar-refractivity contribution is 7.16. The van der Waals surface area contributed by atoms with Gasteiger partial charge in [-0.05, 0) is 61.3 Å². The highest BCUT2D eigenvalue weighted by Crippen LogP contribution is 2.40. The van der Waals surface area contributed by atoms with Gasteiger partial charge in [-0.2, -0.15) is 5.26 Å². The summed E-state index contributed by atoms with van der Waals surface area (Å²) in [7, 11) is 1.65. The van der Waals surface area contributed by atoms with Crippen molar-refractivity contribution in [2.75, 3.05) is 12.4 Å². The van der Waals surface area contributed by atoms with Gasteiger partial charge in [0.05, 0.1) is 12.7 Å². The highest BCUT2D eigenvalue weighted by Gasteiger charge is 2.25. The molecule has 0 radical (unpaired) electrons. The van der Waals surface area contributed by atoms with Gasteiger partial charge >= 0.3 is 0 Å². The van der Waals surface area contributed by atoms with Crippen molar-refractivity contribution >= 4 is 22.1 Å². The van der Waals surface area contributed by atoms with E-state index < -0.39 is 0 Å². The average Bonchev–Trinajstić information content (AvgIpc) is 3.04. The number of benzene rings is 1. The zero-order valence-electron chi connectivity index (χ0n) is 15.4. The molecule has 4 nitrogen and oxygen atoms in total. The molecule has 1 aromatic carbocycles. The topological polar surface area (TPSA) is 62.1 Å². The molecule has 4 rings (SSSR count). The fourth-order valence-corrected chi connectivity index (χ4v) is 5.28. The van der Waals surface area contributed by atoms with Crippen LogP contribution in [0.4, 0.5) is 5.00 Å². The van der Waals surface area contributed by atoms with Gasteiger partial charge < -0.3 is 10.1 Å². The molecule has 2 aliphatic carbocycles. The molecule has 1 heterocycles. The number of hydrogen-bond donors (Lipinski definition) is 1. The molecule has 1 atom stereocenters. The Kier molecular flexibility index (Phi) is 5.00. The largest absolute Gasteiger partial charge is 0.497 e. The van der Waals surface area contributed by atoms with Crippen LogP contribution in [0.1, 0.15) is 53.2 Å². The monoisotopic (exact) mass is 378 g/mol. The Morgan fingerprint density at radius 3 is 2.70 bits per heavy atom. The number of nitriles is 1. The van der Waals surface area contributed by atoms with Gasteiger partial charge in [0, 0.05) is 23.1 Å². The number of rotatable bonds is 4. The Balaban J connectivity index is 1.56. The second-order valence-corrected chi connectivity index (χ2v) is 8.27. The van der Waals surface area contributed by atoms with Crippen LogP contribution in [-0.4, -0.2) is 12.9 Å². The van der Waals surface area contributed by atoms with Gasteiger partial charge in [0.1, 0.15) is 16.8 Å². The van der Waals surface area contributed by atoms with Crippen LogP contribution < -0.4 is 10.1 Å². The zero-order valence-corrected chi connectivity index (χ0v) is 16.2. The molecule has 5 heteroatoms. The molecule has 0 unspecified atom stereocenters. The number of aryl methyl sites for hydroxylation is 1. The molecule has 0 fully saturated rings. The van der Waals surface area contributed by atoms with Crippen LogP contribution in [0.3, 0.4) is 0 Å². The molecular formula is C22H22N2O2S. The van der Waals surface area contributed by atoms with Crippen molar-refractivity contribution in [1.29, 1.82) is 5.26 Å². The molecule has 0 saturated carbocycles. The Bertz CT molecular complexity index is 934. The van der Waals surface area contributed by atoms with Crippen molar-refractivity contribution in [2.45, 2.75) is 44.4 Å². The fraction of sp³-hybridized carbons (Fsp3) is 0.364. The first-order valence-electron chi connectivity index (χ1n) is 9.37. The van der Waals surface area contributed by atoms with E-state index in [-0.39, 0.29) is 11.7 Å². The zero-order chi connectivity index (χ0) is 18.8. The van der Waals surface area contributed by atoms with E-state index in [1.807, 2.05) is 24.3 Å². The smallest absolute Gasteiger partial charge is 0.158 e. The SMILES string of the molecule is COc1ccc([C@@H]2CC(=O)C=C(Nc3sc4c(c3C#N)CCCC4)C2)cc1. The second kappa shape index (κ2) is 7.58. The van der Waals surface area contributed by atoms with Gasteiger partial charge in [-0.15, -0.1) is 11.3 Å². The van der Waals surface area contributed by atoms with Crippen LogP contribution in [0.2, 0.25) is 0 Å². The number of anilines is 1. The quantitative estimate of drug-likeness (QED) is 0.818. The van der Waals surface area contributed by atoms with Crippen LogP contribution >= 0.6 is 11.3 Å². The number of nitrogens with zero attached hydrogens (tertiary/aromatic N) is 1. The van der Waals surface area contributed by atoms with Crippen LogP contribution in [-0.2, 0) is 17.6 Å². The lowest BCUT2D eigenvalue weighted by Crippen LogP contribution is -2.16. The molecule has 27 heavy (non-hydrogen) atoms. The third-order valence-corrected chi connectivity index (χ3v) is 6.60. The van der Waals surface area contributed by atoms with Crippen LogP contribution in [0.15, 0.2) is 36.0 Å². The summed E-state index contributed by atoms with van der Waals surface area (Å²) in [6.07, 6.45) is 7.39. The van der Waals surface area contributed by atoms with Crippen molar-refractivity contribution in [1.82, 2.24) is 0 Å². The molecule has 1 aromatic heterocycles. The van der Waals surface area contributed by atoms with Crippen molar-refractivity contribution in [3.8, 4) is 11.8 Å². The lowest BCUT2D eigenvalue weighted by molar-refractivity contribution is -0.115. The summed E-state index contributed by atoms with van der Waals surface area (Å²) in [5, 5.41) is 14.0. The number of methoxy groups -OCH3 is 1. The predicted molar refractivity (Wildman–Crippen MR) is 107 cm³/mol. The molecule has 2 aliphatic rings. The summed E-state index contributed by atoms with van der Waals surface area (Å²) in [6.45, 7) is 0. The number of fused-ring (bicyclic) bond motifs is 1. The van der Waals surface area contributed by atoms with E-state index in [2.05, 4.69) is 11.4 Å². The van der Waals surface area contributed by atoms with E-state index in [0.29, 0.717) is 6.42 Å². The van der Waals surface area contributed by atoms with Gasteiger partial charge in [-0.1, -0.05) is 12.1 Å². The fourth-order valence-electron chi connectivity index (χ4n) is 4.01. The van der Waals surface area contributed by atoms with Crippen molar-refractivity contribution < 1.29 is 9.53 Å². The van der Waals surface area contributed by atoms with Gasteiger partial charge in [0.25, 0.3) is 0 Å². The summed E-state index contributed by atoms with van der Waals surface area (Å²) in [6, 6.07) is 10.3. The molecule has 0 aliphatic heterocycles. The van der Waals surface area contributed by atoms with E-state index in [4.69, 9.17) is 4.74 Å². The van der Waals surface area contributed by atoms with Gasteiger partial charge in [-0.3, -0.25) is 4.79 Å². The summed E-state index contributed by atoms with van der Waals surface area (Å²) in [4.78, 5) is 13.6. The number of carbonyl (C=O) groups excluding carboxylic acids is 1. The molecule has 2 aromatic rings. The molecular weight excluding hydrogens is 356 g/mol. The Morgan fingerprint density at radius 2 is 1.96 bits per heavy atom. The van der Waals surface area contributed by atoms with E-state index >= 15 is 0 Å². The first-order valence-corrected chi connectivity index (χ1v) is 10.2. The molecule has 0 spiro atoms. The van der Waals surface area contributed by atoms with Crippen LogP contribution in [0.25, 0.3) is 0 Å². The maximum Gasteiger partial charge on any atom is 0.158 e. The summed E-state index contributed by atoms with van der Waals surface area (Å²) < 4.78 is 5.22. The average molecular weight is 378 g/mol. The Morgan fingerprint density at radius 1 is 1.19 bits per heavy atom. The number of ether oxygens (including phenoxy) is 1. The predicted octanol–water partition coefficient (Wildman–Crippen LogP) is 4.95. The normalized spacial score (nSPS) is 19.0. The minimum atomic E-state index is 0.129. The highest BCUT2D eigenvalue weighted by atomic mass is 32.1. The third kappa shape index (κ3) is 3.63. The minimum Gasteiger partial charge on any atom is -0.497 e. The first kappa shape index (κ1) is 17.8. The van der Waals surface area contributed by atoms with Crippen molar-refractivity contribution in [2.24, 2.45) is 0 Å². The Labute approximate surface area is 163 Å². The molecule has 0 saturated heterocycles. The number of carbonyl (C=O) groups is 1. The number of nitrogens with one attached hydrogen (secondary N) is 1. The second-order valence-electron chi connectivity index (χ2n) is 7.17. The molecule has 138 valence electrons. The van der Waals surface area contributed by atoms with Gasteiger partial charge in [-0.25, -0.2) is 0 Å². The van der Waals surface area contributed by atoms with Crippen LogP contribution in [0.5, 0.6) is 5.75 Å². The molecule has 0 bridgehead atoms. The Hall–Kier alpha value is -2.58.